The minimum Gasteiger partial charge on any atom is -0.483 e. The van der Waals surface area contributed by atoms with E-state index in [9.17, 15) is 4.79 Å². The number of anilines is 2. The second-order valence-electron chi connectivity index (χ2n) is 9.64. The highest BCUT2D eigenvalue weighted by atomic mass is 28.3. The SMILES string of the molecule is CC1C(=O)N(COCC[Si](C)(C)C)N=C2COc3ccc(N4CCCCC4)cc3N21. The van der Waals surface area contributed by atoms with E-state index in [4.69, 9.17) is 9.47 Å². The molecule has 1 saturated heterocycles. The highest BCUT2D eigenvalue weighted by Crippen LogP contribution is 2.39. The van der Waals surface area contributed by atoms with Gasteiger partial charge in [0.15, 0.2) is 5.84 Å². The molecule has 0 bridgehead atoms. The maximum atomic E-state index is 13.0. The third kappa shape index (κ3) is 4.49. The Labute approximate surface area is 180 Å². The van der Waals surface area contributed by atoms with Crippen LogP contribution in [0.1, 0.15) is 26.2 Å². The van der Waals surface area contributed by atoms with Gasteiger partial charge in [0.25, 0.3) is 5.91 Å². The second kappa shape index (κ2) is 8.59. The molecular weight excluding hydrogens is 396 g/mol. The summed E-state index contributed by atoms with van der Waals surface area (Å²) < 4.78 is 11.8. The molecule has 1 fully saturated rings. The number of amidine groups is 1. The number of carbonyl (C=O) groups excluding carboxylic acids is 1. The molecule has 1 unspecified atom stereocenters. The van der Waals surface area contributed by atoms with Crippen LogP contribution in [-0.4, -0.2) is 63.9 Å². The number of hydrazone groups is 1. The molecule has 0 aromatic heterocycles. The number of carbonyl (C=O) groups is 1. The summed E-state index contributed by atoms with van der Waals surface area (Å²) in [4.78, 5) is 17.5. The molecule has 1 aromatic carbocycles. The van der Waals surface area contributed by atoms with Crippen LogP contribution in [0.25, 0.3) is 0 Å². The summed E-state index contributed by atoms with van der Waals surface area (Å²) in [6.07, 6.45) is 3.76. The molecule has 1 amide bonds. The Balaban J connectivity index is 1.51. The predicted molar refractivity (Wildman–Crippen MR) is 123 cm³/mol. The van der Waals surface area contributed by atoms with Crippen molar-refractivity contribution < 1.29 is 14.3 Å². The summed E-state index contributed by atoms with van der Waals surface area (Å²) >= 11 is 0. The van der Waals surface area contributed by atoms with Crippen molar-refractivity contribution in [1.82, 2.24) is 5.01 Å². The summed E-state index contributed by atoms with van der Waals surface area (Å²) in [6.45, 7) is 12.3. The number of amides is 1. The van der Waals surface area contributed by atoms with E-state index in [0.29, 0.717) is 13.2 Å². The Kier molecular flexibility index (Phi) is 6.06. The maximum Gasteiger partial charge on any atom is 0.267 e. The predicted octanol–water partition coefficient (Wildman–Crippen LogP) is 3.73. The van der Waals surface area contributed by atoms with Crippen LogP contribution in [0, 0.1) is 0 Å². The van der Waals surface area contributed by atoms with Crippen molar-refractivity contribution in [3.8, 4) is 5.75 Å². The van der Waals surface area contributed by atoms with Gasteiger partial charge < -0.3 is 19.3 Å². The van der Waals surface area contributed by atoms with Crippen molar-refractivity contribution in [2.24, 2.45) is 5.10 Å². The Morgan fingerprint density at radius 1 is 1.20 bits per heavy atom. The molecule has 1 aromatic rings. The van der Waals surface area contributed by atoms with Crippen LogP contribution in [0.2, 0.25) is 25.7 Å². The van der Waals surface area contributed by atoms with Gasteiger partial charge in [-0.05, 0) is 50.4 Å². The van der Waals surface area contributed by atoms with Gasteiger partial charge in [-0.1, -0.05) is 19.6 Å². The zero-order valence-electron chi connectivity index (χ0n) is 18.7. The van der Waals surface area contributed by atoms with E-state index in [-0.39, 0.29) is 18.7 Å². The third-order valence-electron chi connectivity index (χ3n) is 6.00. The van der Waals surface area contributed by atoms with Crippen molar-refractivity contribution >= 4 is 31.2 Å². The molecule has 0 aliphatic carbocycles. The largest absolute Gasteiger partial charge is 0.483 e. The van der Waals surface area contributed by atoms with Gasteiger partial charge in [0.1, 0.15) is 25.1 Å². The lowest BCUT2D eigenvalue weighted by atomic mass is 10.1. The zero-order chi connectivity index (χ0) is 21.3. The topological polar surface area (TPSA) is 57.6 Å². The van der Waals surface area contributed by atoms with Gasteiger partial charge >= 0.3 is 0 Å². The lowest BCUT2D eigenvalue weighted by Gasteiger charge is -2.41. The molecule has 3 heterocycles. The lowest BCUT2D eigenvalue weighted by Crippen LogP contribution is -2.57. The van der Waals surface area contributed by atoms with E-state index < -0.39 is 8.07 Å². The smallest absolute Gasteiger partial charge is 0.267 e. The number of fused-ring (bicyclic) bond motifs is 3. The van der Waals surface area contributed by atoms with E-state index in [1.54, 1.807) is 0 Å². The Morgan fingerprint density at radius 2 is 1.97 bits per heavy atom. The molecule has 8 heteroatoms. The van der Waals surface area contributed by atoms with Gasteiger partial charge in [-0.25, -0.2) is 5.01 Å². The molecule has 7 nitrogen and oxygen atoms in total. The van der Waals surface area contributed by atoms with Crippen molar-refractivity contribution in [3.05, 3.63) is 18.2 Å². The van der Waals surface area contributed by atoms with Crippen LogP contribution < -0.4 is 14.5 Å². The fraction of sp³-hybridized carbons (Fsp3) is 0.636. The Hall–Kier alpha value is -2.06. The molecule has 164 valence electrons. The minimum absolute atomic E-state index is 0.0389. The van der Waals surface area contributed by atoms with Crippen LogP contribution in [0.5, 0.6) is 5.75 Å². The summed E-state index contributed by atoms with van der Waals surface area (Å²) in [7, 11) is -1.16. The number of benzene rings is 1. The fourth-order valence-electron chi connectivity index (χ4n) is 4.16. The molecular formula is C22H34N4O3Si. The number of nitrogens with zero attached hydrogens (tertiary/aromatic N) is 4. The van der Waals surface area contributed by atoms with Crippen molar-refractivity contribution in [1.29, 1.82) is 0 Å². The van der Waals surface area contributed by atoms with E-state index in [1.807, 2.05) is 17.9 Å². The first-order valence-electron chi connectivity index (χ1n) is 11.1. The number of rotatable bonds is 6. The quantitative estimate of drug-likeness (QED) is 0.508. The van der Waals surface area contributed by atoms with Crippen LogP contribution in [0.4, 0.5) is 11.4 Å². The Bertz CT molecular complexity index is 817. The molecule has 3 aliphatic heterocycles. The first-order valence-corrected chi connectivity index (χ1v) is 14.8. The average Bonchev–Trinajstić information content (AvgIpc) is 2.73. The molecule has 0 saturated carbocycles. The van der Waals surface area contributed by atoms with Crippen LogP contribution in [-0.2, 0) is 9.53 Å². The molecule has 0 spiro atoms. The molecule has 0 N–H and O–H groups in total. The maximum absolute atomic E-state index is 13.0. The molecule has 30 heavy (non-hydrogen) atoms. The van der Waals surface area contributed by atoms with Gasteiger partial charge in [-0.3, -0.25) is 4.79 Å². The number of ether oxygens (including phenoxy) is 2. The molecule has 1 atom stereocenters. The monoisotopic (exact) mass is 430 g/mol. The van der Waals surface area contributed by atoms with Gasteiger partial charge in [0.2, 0.25) is 0 Å². The number of hydrogen-bond acceptors (Lipinski definition) is 6. The lowest BCUT2D eigenvalue weighted by molar-refractivity contribution is -0.138. The standard InChI is InChI=1S/C22H34N4O3Si/c1-17-22(27)25(16-28-12-13-30(2,3)4)23-21-15-29-20-9-8-18(14-19(20)26(17)21)24-10-6-5-7-11-24/h8-9,14,17H,5-7,10-13,15-16H2,1-4H3. The van der Waals surface area contributed by atoms with Gasteiger partial charge in [-0.15, -0.1) is 0 Å². The van der Waals surface area contributed by atoms with Crippen LogP contribution >= 0.6 is 0 Å². The first kappa shape index (κ1) is 21.2. The van der Waals surface area contributed by atoms with Crippen LogP contribution in [0.15, 0.2) is 23.3 Å². The number of piperidine rings is 1. The first-order chi connectivity index (χ1) is 14.3. The van der Waals surface area contributed by atoms with E-state index in [2.05, 4.69) is 41.8 Å². The zero-order valence-corrected chi connectivity index (χ0v) is 19.7. The normalized spacial score (nSPS) is 21.7. The van der Waals surface area contributed by atoms with Crippen LogP contribution in [0.3, 0.4) is 0 Å². The average molecular weight is 431 g/mol. The second-order valence-corrected chi connectivity index (χ2v) is 15.3. The van der Waals surface area contributed by atoms with E-state index in [0.717, 1.165) is 36.4 Å². The molecule has 4 rings (SSSR count). The minimum atomic E-state index is -1.16. The van der Waals surface area contributed by atoms with E-state index in [1.165, 1.54) is 30.0 Å². The highest BCUT2D eigenvalue weighted by molar-refractivity contribution is 6.76. The summed E-state index contributed by atoms with van der Waals surface area (Å²) in [5.41, 5.74) is 2.12. The molecule has 0 radical (unpaired) electrons. The Morgan fingerprint density at radius 3 is 2.70 bits per heavy atom. The third-order valence-corrected chi connectivity index (χ3v) is 7.71. The van der Waals surface area contributed by atoms with Crippen molar-refractivity contribution in [3.63, 3.8) is 0 Å². The van der Waals surface area contributed by atoms with Gasteiger partial charge in [-0.2, -0.15) is 5.10 Å². The summed E-state index contributed by atoms with van der Waals surface area (Å²) in [5, 5.41) is 6.05. The van der Waals surface area contributed by atoms with Gasteiger partial charge in [0, 0.05) is 33.5 Å². The van der Waals surface area contributed by atoms with Crippen molar-refractivity contribution in [2.75, 3.05) is 42.8 Å². The van der Waals surface area contributed by atoms with Gasteiger partial charge in [0.05, 0.1) is 5.69 Å². The van der Waals surface area contributed by atoms with E-state index >= 15 is 0 Å². The fourth-order valence-corrected chi connectivity index (χ4v) is 4.92. The summed E-state index contributed by atoms with van der Waals surface area (Å²) in [6, 6.07) is 7.04. The van der Waals surface area contributed by atoms with Crippen molar-refractivity contribution in [2.45, 2.75) is 57.9 Å². The highest BCUT2D eigenvalue weighted by Gasteiger charge is 2.39. The molecule has 3 aliphatic rings. The number of hydrogen-bond donors (Lipinski definition) is 0. The summed E-state index contributed by atoms with van der Waals surface area (Å²) in [5.74, 6) is 1.54.